The van der Waals surface area contributed by atoms with E-state index in [-0.39, 0.29) is 5.69 Å². The molecule has 2 aromatic rings. The molecule has 1 aromatic heterocycles. The summed E-state index contributed by atoms with van der Waals surface area (Å²) in [5.41, 5.74) is 0.546. The van der Waals surface area contributed by atoms with Crippen LogP contribution >= 0.6 is 0 Å². The van der Waals surface area contributed by atoms with Gasteiger partial charge in [0.15, 0.2) is 0 Å². The summed E-state index contributed by atoms with van der Waals surface area (Å²) in [6, 6.07) is 5.00. The van der Waals surface area contributed by atoms with Crippen molar-refractivity contribution in [1.82, 2.24) is 9.97 Å². The highest BCUT2D eigenvalue weighted by Gasteiger charge is 2.19. The number of hydrogen-bond acceptors (Lipinski definition) is 4. The number of nitrogens with zero attached hydrogens (tertiary/aromatic N) is 1. The number of methoxy groups -OCH3 is 1. The zero-order valence-corrected chi connectivity index (χ0v) is 9.93. The average molecular weight is 248 g/mol. The second kappa shape index (κ2) is 4.48. The Morgan fingerprint density at radius 3 is 2.83 bits per heavy atom. The Morgan fingerprint density at radius 1 is 1.50 bits per heavy atom. The SMILES string of the molecule is COc1ccc2nc(C(C)C(=O)O)c(=O)[nH]c2c1. The minimum absolute atomic E-state index is 0.000154. The van der Waals surface area contributed by atoms with Gasteiger partial charge in [0.05, 0.1) is 18.1 Å². The Kier molecular flexibility index (Phi) is 3.01. The first-order valence-electron chi connectivity index (χ1n) is 5.33. The molecule has 1 atom stereocenters. The molecular formula is C12H12N2O4. The van der Waals surface area contributed by atoms with Crippen LogP contribution in [0, 0.1) is 0 Å². The molecule has 0 saturated heterocycles. The van der Waals surface area contributed by atoms with Crippen LogP contribution in [-0.4, -0.2) is 28.2 Å². The lowest BCUT2D eigenvalue weighted by atomic mass is 10.1. The number of carboxylic acid groups (broad SMARTS) is 1. The van der Waals surface area contributed by atoms with Crippen molar-refractivity contribution < 1.29 is 14.6 Å². The van der Waals surface area contributed by atoms with Crippen LogP contribution in [-0.2, 0) is 4.79 Å². The van der Waals surface area contributed by atoms with Gasteiger partial charge in [-0.15, -0.1) is 0 Å². The van der Waals surface area contributed by atoms with Gasteiger partial charge in [-0.1, -0.05) is 0 Å². The minimum atomic E-state index is -1.08. The van der Waals surface area contributed by atoms with E-state index in [1.165, 1.54) is 14.0 Å². The van der Waals surface area contributed by atoms with Gasteiger partial charge in [-0.25, -0.2) is 4.98 Å². The lowest BCUT2D eigenvalue weighted by Crippen LogP contribution is -2.22. The predicted molar refractivity (Wildman–Crippen MR) is 65.0 cm³/mol. The topological polar surface area (TPSA) is 92.3 Å². The van der Waals surface area contributed by atoms with Crippen LogP contribution in [0.15, 0.2) is 23.0 Å². The van der Waals surface area contributed by atoms with Crippen LogP contribution < -0.4 is 10.3 Å². The Morgan fingerprint density at radius 2 is 2.22 bits per heavy atom. The molecule has 1 aromatic carbocycles. The van der Waals surface area contributed by atoms with Crippen molar-refractivity contribution in [3.05, 3.63) is 34.2 Å². The van der Waals surface area contributed by atoms with Gasteiger partial charge in [-0.2, -0.15) is 0 Å². The fourth-order valence-electron chi connectivity index (χ4n) is 1.62. The molecule has 0 fully saturated rings. The quantitative estimate of drug-likeness (QED) is 0.849. The Labute approximate surface area is 102 Å². The molecule has 1 unspecified atom stereocenters. The molecule has 0 amide bonds. The van der Waals surface area contributed by atoms with Gasteiger partial charge in [0.2, 0.25) is 0 Å². The van der Waals surface area contributed by atoms with Gasteiger partial charge < -0.3 is 14.8 Å². The molecule has 0 bridgehead atoms. The molecule has 6 nitrogen and oxygen atoms in total. The van der Waals surface area contributed by atoms with E-state index in [1.807, 2.05) is 0 Å². The number of hydrogen-bond donors (Lipinski definition) is 2. The second-order valence-corrected chi connectivity index (χ2v) is 3.89. The molecule has 2 rings (SSSR count). The van der Waals surface area contributed by atoms with Crippen molar-refractivity contribution >= 4 is 17.0 Å². The maximum atomic E-state index is 11.8. The number of H-pyrrole nitrogens is 1. The number of aromatic amines is 1. The van der Waals surface area contributed by atoms with Crippen molar-refractivity contribution in [3.8, 4) is 5.75 Å². The van der Waals surface area contributed by atoms with Gasteiger partial charge in [-0.3, -0.25) is 9.59 Å². The van der Waals surface area contributed by atoms with Crippen LogP contribution in [0.4, 0.5) is 0 Å². The van der Waals surface area contributed by atoms with Crippen molar-refractivity contribution in [3.63, 3.8) is 0 Å². The van der Waals surface area contributed by atoms with E-state index in [4.69, 9.17) is 9.84 Å². The van der Waals surface area contributed by atoms with Crippen LogP contribution in [0.3, 0.4) is 0 Å². The number of nitrogens with one attached hydrogen (secondary N) is 1. The molecule has 0 aliphatic heterocycles. The number of fused-ring (bicyclic) bond motifs is 1. The molecule has 18 heavy (non-hydrogen) atoms. The lowest BCUT2D eigenvalue weighted by Gasteiger charge is -2.07. The minimum Gasteiger partial charge on any atom is -0.497 e. The van der Waals surface area contributed by atoms with Crippen LogP contribution in [0.5, 0.6) is 5.75 Å². The van der Waals surface area contributed by atoms with Crippen LogP contribution in [0.25, 0.3) is 11.0 Å². The standard InChI is InChI=1S/C12H12N2O4/c1-6(12(16)17)10-11(15)14-9-5-7(18-2)3-4-8(9)13-10/h3-6H,1-2H3,(H,14,15)(H,16,17). The third-order valence-corrected chi connectivity index (χ3v) is 2.71. The maximum Gasteiger partial charge on any atom is 0.312 e. The smallest absolute Gasteiger partial charge is 0.312 e. The highest BCUT2D eigenvalue weighted by Crippen LogP contribution is 2.18. The van der Waals surface area contributed by atoms with E-state index >= 15 is 0 Å². The van der Waals surface area contributed by atoms with Gasteiger partial charge in [-0.05, 0) is 19.1 Å². The summed E-state index contributed by atoms with van der Waals surface area (Å²) in [4.78, 5) is 29.3. The Bertz CT molecular complexity index is 663. The average Bonchev–Trinajstić information content (AvgIpc) is 2.36. The highest BCUT2D eigenvalue weighted by molar-refractivity contribution is 5.78. The first kappa shape index (κ1) is 12.1. The van der Waals surface area contributed by atoms with Crippen molar-refractivity contribution in [2.45, 2.75) is 12.8 Å². The number of rotatable bonds is 3. The largest absolute Gasteiger partial charge is 0.497 e. The van der Waals surface area contributed by atoms with E-state index < -0.39 is 17.4 Å². The molecule has 94 valence electrons. The normalized spacial score (nSPS) is 12.3. The van der Waals surface area contributed by atoms with Gasteiger partial charge in [0.25, 0.3) is 5.56 Å². The fraction of sp³-hybridized carbons (Fsp3) is 0.250. The highest BCUT2D eigenvalue weighted by atomic mass is 16.5. The maximum absolute atomic E-state index is 11.8. The Balaban J connectivity index is 2.63. The molecule has 0 aliphatic rings. The summed E-state index contributed by atoms with van der Waals surface area (Å²) in [6.45, 7) is 1.43. The van der Waals surface area contributed by atoms with E-state index in [2.05, 4.69) is 9.97 Å². The van der Waals surface area contributed by atoms with Gasteiger partial charge in [0.1, 0.15) is 17.4 Å². The van der Waals surface area contributed by atoms with Gasteiger partial charge in [0, 0.05) is 6.07 Å². The molecule has 0 aliphatic carbocycles. The molecule has 0 spiro atoms. The molecule has 6 heteroatoms. The van der Waals surface area contributed by atoms with Crippen LogP contribution in [0.1, 0.15) is 18.5 Å². The molecule has 0 radical (unpaired) electrons. The second-order valence-electron chi connectivity index (χ2n) is 3.89. The molecular weight excluding hydrogens is 236 g/mol. The number of aromatic nitrogens is 2. The van der Waals surface area contributed by atoms with E-state index in [0.29, 0.717) is 16.8 Å². The number of carbonyl (C=O) groups is 1. The molecule has 2 N–H and O–H groups in total. The number of ether oxygens (including phenoxy) is 1. The third-order valence-electron chi connectivity index (χ3n) is 2.71. The molecule has 0 saturated carbocycles. The molecule has 1 heterocycles. The fourth-order valence-corrected chi connectivity index (χ4v) is 1.62. The predicted octanol–water partition coefficient (Wildman–Crippen LogP) is 1.12. The third kappa shape index (κ3) is 2.04. The lowest BCUT2D eigenvalue weighted by molar-refractivity contribution is -0.138. The van der Waals surface area contributed by atoms with Crippen LogP contribution in [0.2, 0.25) is 0 Å². The van der Waals surface area contributed by atoms with E-state index in [9.17, 15) is 9.59 Å². The summed E-state index contributed by atoms with van der Waals surface area (Å²) < 4.78 is 5.03. The zero-order valence-electron chi connectivity index (χ0n) is 9.93. The summed E-state index contributed by atoms with van der Waals surface area (Å²) >= 11 is 0. The number of benzene rings is 1. The number of carboxylic acids is 1. The summed E-state index contributed by atoms with van der Waals surface area (Å²) in [5, 5.41) is 8.90. The van der Waals surface area contributed by atoms with Gasteiger partial charge >= 0.3 is 5.97 Å². The number of aliphatic carboxylic acids is 1. The summed E-state index contributed by atoms with van der Waals surface area (Å²) in [7, 11) is 1.52. The monoisotopic (exact) mass is 248 g/mol. The summed E-state index contributed by atoms with van der Waals surface area (Å²) in [5.74, 6) is -1.43. The Hall–Kier alpha value is -2.37. The summed E-state index contributed by atoms with van der Waals surface area (Å²) in [6.07, 6.45) is 0. The van der Waals surface area contributed by atoms with Crippen molar-refractivity contribution in [1.29, 1.82) is 0 Å². The first-order valence-corrected chi connectivity index (χ1v) is 5.33. The first-order chi connectivity index (χ1) is 8.52. The van der Waals surface area contributed by atoms with E-state index in [0.717, 1.165) is 0 Å². The van der Waals surface area contributed by atoms with E-state index in [1.54, 1.807) is 18.2 Å². The zero-order chi connectivity index (χ0) is 13.3. The van der Waals surface area contributed by atoms with Crippen molar-refractivity contribution in [2.75, 3.05) is 7.11 Å². The van der Waals surface area contributed by atoms with Crippen molar-refractivity contribution in [2.24, 2.45) is 0 Å².